The molecule has 0 aromatic carbocycles. The normalized spacial score (nSPS) is 12.6. The number of hydrogen-bond acceptors (Lipinski definition) is 6. The Bertz CT molecular complexity index is 404. The highest BCUT2D eigenvalue weighted by molar-refractivity contribution is 5.85. The smallest absolute Gasteiger partial charge is 0.266 e. The van der Waals surface area contributed by atoms with Crippen molar-refractivity contribution in [2.75, 3.05) is 13.2 Å². The molecule has 0 saturated carbocycles. The minimum absolute atomic E-state index is 0.344. The second-order valence-electron chi connectivity index (χ2n) is 5.95. The summed E-state index contributed by atoms with van der Waals surface area (Å²) in [5.41, 5.74) is 4.97. The number of hydroxylamine groups is 1. The summed E-state index contributed by atoms with van der Waals surface area (Å²) in [5.74, 6) is -0.955. The molecule has 0 aliphatic heterocycles. The number of carbonyl (C=O) groups is 2. The van der Waals surface area contributed by atoms with Crippen molar-refractivity contribution in [3.05, 3.63) is 12.3 Å². The van der Waals surface area contributed by atoms with E-state index in [1.54, 1.807) is 6.08 Å². The van der Waals surface area contributed by atoms with E-state index in [0.29, 0.717) is 6.54 Å². The van der Waals surface area contributed by atoms with Gasteiger partial charge < -0.3 is 5.11 Å². The Balaban J connectivity index is 4.67. The molecule has 0 heterocycles. The van der Waals surface area contributed by atoms with E-state index < -0.39 is 24.5 Å². The van der Waals surface area contributed by atoms with Gasteiger partial charge in [0.25, 0.3) is 5.91 Å². The monoisotopic (exact) mass is 358 g/mol. The van der Waals surface area contributed by atoms with Crippen LogP contribution in [0.1, 0.15) is 65.7 Å². The van der Waals surface area contributed by atoms with E-state index in [2.05, 4.69) is 24.7 Å². The van der Waals surface area contributed by atoms with Gasteiger partial charge in [0.2, 0.25) is 5.91 Å². The Hall–Kier alpha value is -1.48. The molecule has 0 aliphatic carbocycles. The minimum atomic E-state index is -1.06. The van der Waals surface area contributed by atoms with E-state index in [1.165, 1.54) is 13.1 Å². The Morgan fingerprint density at radius 2 is 1.80 bits per heavy atom. The van der Waals surface area contributed by atoms with Crippen LogP contribution in [-0.2, 0) is 9.59 Å². The number of amides is 2. The van der Waals surface area contributed by atoms with Crippen molar-refractivity contribution in [3.8, 4) is 0 Å². The van der Waals surface area contributed by atoms with Crippen LogP contribution in [0.2, 0.25) is 0 Å². The molecule has 0 saturated heterocycles. The summed E-state index contributed by atoms with van der Waals surface area (Å²) < 4.78 is 0. The Labute approximate surface area is 150 Å². The molecule has 0 spiro atoms. The van der Waals surface area contributed by atoms with Gasteiger partial charge in [-0.3, -0.25) is 20.2 Å². The first-order valence-electron chi connectivity index (χ1n) is 9.06. The van der Waals surface area contributed by atoms with Gasteiger partial charge in [0, 0.05) is 19.7 Å². The first-order valence-corrected chi connectivity index (χ1v) is 9.06. The summed E-state index contributed by atoms with van der Waals surface area (Å²) in [6, 6.07) is -1.06. The highest BCUT2D eigenvalue weighted by Gasteiger charge is 2.24. The molecule has 0 aromatic heterocycles. The van der Waals surface area contributed by atoms with Crippen molar-refractivity contribution >= 4 is 11.8 Å². The fraction of sp³-hybridized carbons (Fsp3) is 0.765. The van der Waals surface area contributed by atoms with Gasteiger partial charge in [-0.25, -0.2) is 10.4 Å². The fourth-order valence-electron chi connectivity index (χ4n) is 2.11. The van der Waals surface area contributed by atoms with Crippen LogP contribution in [0.4, 0.5) is 0 Å². The molecular formula is C17H34N4O4. The number of aliphatic hydroxyl groups excluding tert-OH is 1. The van der Waals surface area contributed by atoms with Gasteiger partial charge in [0.05, 0.1) is 6.61 Å². The lowest BCUT2D eigenvalue weighted by Gasteiger charge is -2.26. The maximum absolute atomic E-state index is 12.5. The van der Waals surface area contributed by atoms with Crippen molar-refractivity contribution in [2.24, 2.45) is 0 Å². The van der Waals surface area contributed by atoms with Crippen LogP contribution in [-0.4, -0.2) is 51.5 Å². The zero-order valence-corrected chi connectivity index (χ0v) is 15.7. The van der Waals surface area contributed by atoms with Crippen LogP contribution >= 0.6 is 0 Å². The van der Waals surface area contributed by atoms with E-state index in [9.17, 15) is 19.9 Å². The van der Waals surface area contributed by atoms with Gasteiger partial charge in [0.1, 0.15) is 6.04 Å². The topological polar surface area (TPSA) is 105 Å². The number of unbranched alkanes of at least 4 members (excludes halogenated alkanes) is 5. The summed E-state index contributed by atoms with van der Waals surface area (Å²) in [6.45, 7) is 5.29. The van der Waals surface area contributed by atoms with Crippen molar-refractivity contribution < 1.29 is 19.9 Å². The largest absolute Gasteiger partial charge is 0.394 e. The number of nitrogens with zero attached hydrogens (tertiary/aromatic N) is 2. The maximum atomic E-state index is 12.5. The van der Waals surface area contributed by atoms with E-state index in [1.807, 2.05) is 0 Å². The lowest BCUT2D eigenvalue weighted by Crippen LogP contribution is -2.56. The fourth-order valence-corrected chi connectivity index (χ4v) is 2.11. The average molecular weight is 358 g/mol. The van der Waals surface area contributed by atoms with Crippen LogP contribution < -0.4 is 10.9 Å². The minimum Gasteiger partial charge on any atom is -0.394 e. The molecule has 146 valence electrons. The second-order valence-corrected chi connectivity index (χ2v) is 5.95. The predicted octanol–water partition coefficient (Wildman–Crippen LogP) is 1.71. The Kier molecular flexibility index (Phi) is 14.0. The molecule has 2 amide bonds. The van der Waals surface area contributed by atoms with Gasteiger partial charge in [-0.1, -0.05) is 52.0 Å². The maximum Gasteiger partial charge on any atom is 0.266 e. The number of hydrazine groups is 2. The van der Waals surface area contributed by atoms with Gasteiger partial charge in [-0.15, -0.1) is 5.17 Å². The molecule has 25 heavy (non-hydrogen) atoms. The van der Waals surface area contributed by atoms with Gasteiger partial charge in [-0.2, -0.15) is 0 Å². The van der Waals surface area contributed by atoms with Crippen LogP contribution in [0.15, 0.2) is 12.3 Å². The molecule has 0 bridgehead atoms. The lowest BCUT2D eigenvalue weighted by atomic mass is 10.2. The first kappa shape index (κ1) is 23.5. The van der Waals surface area contributed by atoms with Crippen LogP contribution in [0.25, 0.3) is 0 Å². The third-order valence-corrected chi connectivity index (χ3v) is 3.50. The summed E-state index contributed by atoms with van der Waals surface area (Å²) in [7, 11) is 0. The molecule has 4 N–H and O–H groups in total. The summed E-state index contributed by atoms with van der Waals surface area (Å²) in [5, 5.41) is 21.2. The van der Waals surface area contributed by atoms with Crippen molar-refractivity contribution in [2.45, 2.75) is 71.8 Å². The zero-order valence-electron chi connectivity index (χ0n) is 15.7. The van der Waals surface area contributed by atoms with Gasteiger partial charge in [-0.05, 0) is 12.8 Å². The highest BCUT2D eigenvalue weighted by Crippen LogP contribution is 2.02. The number of carbonyl (C=O) groups excluding carboxylic acids is 2. The molecule has 0 aromatic rings. The standard InChI is InChI=1S/C17H34N4O4/c1-4-6-8-10-12-20(18-15(3)23)17(24)16(14-22)19-21(25)13-11-9-7-5-2/h10,12,16,19,22,25H,4-9,11,13-14H2,1-3H3,(H,18,23). The number of allylic oxidation sites excluding steroid dienone is 1. The van der Waals surface area contributed by atoms with Crippen LogP contribution in [0.3, 0.4) is 0 Å². The van der Waals surface area contributed by atoms with E-state index >= 15 is 0 Å². The van der Waals surface area contributed by atoms with E-state index in [0.717, 1.165) is 55.1 Å². The summed E-state index contributed by atoms with van der Waals surface area (Å²) >= 11 is 0. The Morgan fingerprint density at radius 3 is 2.36 bits per heavy atom. The molecule has 0 rings (SSSR count). The first-order chi connectivity index (χ1) is 12.0. The number of aliphatic hydroxyl groups is 1. The van der Waals surface area contributed by atoms with Crippen molar-refractivity contribution in [3.63, 3.8) is 0 Å². The van der Waals surface area contributed by atoms with E-state index in [-0.39, 0.29) is 0 Å². The quantitative estimate of drug-likeness (QED) is 0.295. The molecule has 0 aliphatic rings. The molecular weight excluding hydrogens is 324 g/mol. The zero-order chi connectivity index (χ0) is 19.1. The molecule has 8 heteroatoms. The van der Waals surface area contributed by atoms with Gasteiger partial charge >= 0.3 is 0 Å². The summed E-state index contributed by atoms with van der Waals surface area (Å²) in [4.78, 5) is 23.8. The molecule has 0 radical (unpaired) electrons. The average Bonchev–Trinajstić information content (AvgIpc) is 2.58. The second kappa shape index (κ2) is 14.8. The molecule has 0 fully saturated rings. The van der Waals surface area contributed by atoms with Crippen molar-refractivity contribution in [1.29, 1.82) is 0 Å². The predicted molar refractivity (Wildman–Crippen MR) is 96.0 cm³/mol. The molecule has 1 atom stereocenters. The molecule has 8 nitrogen and oxygen atoms in total. The van der Waals surface area contributed by atoms with Crippen molar-refractivity contribution in [1.82, 2.24) is 21.0 Å². The number of rotatable bonds is 13. The van der Waals surface area contributed by atoms with Gasteiger partial charge in [0.15, 0.2) is 0 Å². The lowest BCUT2D eigenvalue weighted by molar-refractivity contribution is -0.164. The molecule has 1 unspecified atom stereocenters. The number of hydrogen-bond donors (Lipinski definition) is 4. The van der Waals surface area contributed by atoms with Crippen LogP contribution in [0.5, 0.6) is 0 Å². The van der Waals surface area contributed by atoms with Crippen LogP contribution in [0, 0.1) is 0 Å². The van der Waals surface area contributed by atoms with E-state index in [4.69, 9.17) is 0 Å². The Morgan fingerprint density at radius 1 is 1.12 bits per heavy atom. The SMILES string of the molecule is CCCCC=CN(NC(C)=O)C(=O)C(CO)NN(O)CCCCCC. The summed E-state index contributed by atoms with van der Waals surface area (Å²) in [6.07, 6.45) is 9.96. The third kappa shape index (κ3) is 11.7. The number of nitrogens with one attached hydrogen (secondary N) is 2. The highest BCUT2D eigenvalue weighted by atomic mass is 16.5. The third-order valence-electron chi connectivity index (χ3n) is 3.50.